The number of benzene rings is 2. The average molecular weight is 400 g/mol. The molecule has 0 aliphatic heterocycles. The van der Waals surface area contributed by atoms with Crippen LogP contribution in [0.25, 0.3) is 10.9 Å². The number of fused-ring (bicyclic) bond motifs is 1. The lowest BCUT2D eigenvalue weighted by atomic mass is 10.1. The highest BCUT2D eigenvalue weighted by Gasteiger charge is 2.19. The highest BCUT2D eigenvalue weighted by atomic mass is 35.5. The molecule has 28 heavy (non-hydrogen) atoms. The number of nitrogens with two attached hydrogens (primary N) is 1. The van der Waals surface area contributed by atoms with E-state index in [9.17, 15) is 9.59 Å². The minimum absolute atomic E-state index is 0.175. The number of imide groups is 1. The number of nitrogens with zero attached hydrogens (tertiary/aromatic N) is 1. The normalized spacial score (nSPS) is 10.3. The predicted molar refractivity (Wildman–Crippen MR) is 114 cm³/mol. The number of aromatic nitrogens is 1. The summed E-state index contributed by atoms with van der Waals surface area (Å²) in [6.07, 6.45) is 2.53. The Balaban J connectivity index is 0.00000136. The van der Waals surface area contributed by atoms with Crippen molar-refractivity contribution in [3.8, 4) is 0 Å². The first kappa shape index (κ1) is 21.5. The molecule has 0 spiro atoms. The third kappa shape index (κ3) is 5.14. The van der Waals surface area contributed by atoms with Crippen LogP contribution in [0.1, 0.15) is 37.0 Å². The van der Waals surface area contributed by atoms with E-state index in [-0.39, 0.29) is 18.9 Å². The van der Waals surface area contributed by atoms with Crippen LogP contribution in [0.3, 0.4) is 0 Å². The van der Waals surface area contributed by atoms with Gasteiger partial charge in [-0.25, -0.2) is 4.79 Å². The predicted octanol–water partition coefficient (Wildman–Crippen LogP) is 5.20. The van der Waals surface area contributed by atoms with Gasteiger partial charge in [0.05, 0.1) is 17.1 Å². The number of aromatic amines is 1. The van der Waals surface area contributed by atoms with Crippen LogP contribution in [0, 0.1) is 6.92 Å². The zero-order valence-corrected chi connectivity index (χ0v) is 17.2. The van der Waals surface area contributed by atoms with Crippen LogP contribution in [0.4, 0.5) is 4.79 Å². The summed E-state index contributed by atoms with van der Waals surface area (Å²) in [6.45, 7) is 6.16. The van der Waals surface area contributed by atoms with E-state index < -0.39 is 6.03 Å². The number of aryl methyl sites for hydroxylation is 2. The highest BCUT2D eigenvalue weighted by molar-refractivity contribution is 6.35. The van der Waals surface area contributed by atoms with E-state index in [1.54, 1.807) is 0 Å². The number of carbonyl (C=O) groups is 2. The Bertz CT molecular complexity index is 948. The number of nitrogens with one attached hydrogen (secondary N) is 1. The zero-order valence-electron chi connectivity index (χ0n) is 16.5. The fraction of sp³-hybridized carbons (Fsp3) is 0.273. The van der Waals surface area contributed by atoms with E-state index in [4.69, 9.17) is 17.3 Å². The minimum Gasteiger partial charge on any atom is -0.360 e. The molecule has 0 aliphatic rings. The summed E-state index contributed by atoms with van der Waals surface area (Å²) in [6, 6.07) is 12.6. The van der Waals surface area contributed by atoms with Crippen LogP contribution in [0.15, 0.2) is 48.7 Å². The van der Waals surface area contributed by atoms with E-state index in [1.165, 1.54) is 0 Å². The minimum atomic E-state index is -0.738. The van der Waals surface area contributed by atoms with E-state index >= 15 is 0 Å². The number of halogens is 1. The number of rotatable bonds is 5. The molecule has 3 rings (SSSR count). The molecule has 0 atom stereocenters. The third-order valence-corrected chi connectivity index (χ3v) is 4.70. The van der Waals surface area contributed by atoms with Gasteiger partial charge < -0.3 is 10.7 Å². The van der Waals surface area contributed by atoms with Crippen LogP contribution in [0.2, 0.25) is 5.02 Å². The molecule has 0 unspecified atom stereocenters. The monoisotopic (exact) mass is 399 g/mol. The maximum absolute atomic E-state index is 12.5. The molecule has 0 aliphatic carbocycles. The summed E-state index contributed by atoms with van der Waals surface area (Å²) in [5, 5.41) is 1.62. The van der Waals surface area contributed by atoms with Crippen LogP contribution in [-0.2, 0) is 17.8 Å². The van der Waals surface area contributed by atoms with Gasteiger partial charge in [0, 0.05) is 18.0 Å². The number of urea groups is 1. The van der Waals surface area contributed by atoms with Gasteiger partial charge >= 0.3 is 6.03 Å². The van der Waals surface area contributed by atoms with Gasteiger partial charge in [-0.1, -0.05) is 67.4 Å². The van der Waals surface area contributed by atoms with Crippen LogP contribution in [-0.4, -0.2) is 21.8 Å². The van der Waals surface area contributed by atoms with Crippen LogP contribution >= 0.6 is 11.6 Å². The van der Waals surface area contributed by atoms with Crippen molar-refractivity contribution in [1.82, 2.24) is 9.88 Å². The molecule has 1 aromatic heterocycles. The fourth-order valence-electron chi connectivity index (χ4n) is 2.92. The quantitative estimate of drug-likeness (QED) is 0.618. The van der Waals surface area contributed by atoms with Gasteiger partial charge in [-0.05, 0) is 30.5 Å². The van der Waals surface area contributed by atoms with Crippen molar-refractivity contribution >= 4 is 34.4 Å². The Morgan fingerprint density at radius 1 is 1.11 bits per heavy atom. The van der Waals surface area contributed by atoms with Gasteiger partial charge in [-0.2, -0.15) is 0 Å². The number of H-pyrrole nitrogens is 1. The van der Waals surface area contributed by atoms with Crippen molar-refractivity contribution in [2.75, 3.05) is 0 Å². The largest absolute Gasteiger partial charge is 0.360 e. The van der Waals surface area contributed by atoms with E-state index in [2.05, 4.69) is 4.98 Å². The number of carbonyl (C=O) groups excluding carboxylic acids is 2. The Kier molecular flexibility index (Phi) is 7.64. The molecular formula is C22H26ClN3O2. The Morgan fingerprint density at radius 3 is 2.43 bits per heavy atom. The molecule has 3 N–H and O–H groups in total. The van der Waals surface area contributed by atoms with Gasteiger partial charge in [0.15, 0.2) is 0 Å². The van der Waals surface area contributed by atoms with Crippen molar-refractivity contribution in [2.45, 2.75) is 40.2 Å². The molecule has 5 nitrogen and oxygen atoms in total. The number of amides is 3. The molecule has 148 valence electrons. The molecule has 0 saturated carbocycles. The molecule has 3 aromatic rings. The number of primary amides is 1. The van der Waals surface area contributed by atoms with Crippen LogP contribution < -0.4 is 5.73 Å². The summed E-state index contributed by atoms with van der Waals surface area (Å²) in [5.41, 5.74) is 9.23. The lowest BCUT2D eigenvalue weighted by molar-refractivity contribution is -0.128. The Morgan fingerprint density at radius 2 is 1.79 bits per heavy atom. The van der Waals surface area contributed by atoms with Crippen molar-refractivity contribution in [3.05, 3.63) is 70.4 Å². The van der Waals surface area contributed by atoms with Crippen molar-refractivity contribution in [2.24, 2.45) is 5.73 Å². The second-order valence-corrected chi connectivity index (χ2v) is 6.69. The topological polar surface area (TPSA) is 79.2 Å². The maximum Gasteiger partial charge on any atom is 0.321 e. The SMILES string of the molecule is CC.Cc1ccc(CN(C(N)=O)C(=O)CCc2c[nH]c3c(Cl)cccc23)cc1. The third-order valence-electron chi connectivity index (χ3n) is 4.39. The van der Waals surface area contributed by atoms with Gasteiger partial charge in [0.25, 0.3) is 0 Å². The van der Waals surface area contributed by atoms with Gasteiger partial charge in [0.2, 0.25) is 5.91 Å². The summed E-state index contributed by atoms with van der Waals surface area (Å²) in [5.74, 6) is -0.297. The summed E-state index contributed by atoms with van der Waals surface area (Å²) < 4.78 is 0. The Labute approximate surface area is 170 Å². The standard InChI is InChI=1S/C20H20ClN3O2.C2H6/c1-13-5-7-14(8-6-13)12-24(20(22)26)18(25)10-9-15-11-23-19-16(15)3-2-4-17(19)21;1-2/h2-8,11,23H,9-10,12H2,1H3,(H2,22,26);1-2H3. The summed E-state index contributed by atoms with van der Waals surface area (Å²) in [7, 11) is 0. The second-order valence-electron chi connectivity index (χ2n) is 6.28. The molecular weight excluding hydrogens is 374 g/mol. The van der Waals surface area contributed by atoms with Gasteiger partial charge in [-0.15, -0.1) is 0 Å². The first-order valence-corrected chi connectivity index (χ1v) is 9.73. The van der Waals surface area contributed by atoms with Crippen LogP contribution in [0.5, 0.6) is 0 Å². The first-order valence-electron chi connectivity index (χ1n) is 9.35. The number of para-hydroxylation sites is 1. The van der Waals surface area contributed by atoms with E-state index in [1.807, 2.05) is 69.4 Å². The molecule has 0 radical (unpaired) electrons. The summed E-state index contributed by atoms with van der Waals surface area (Å²) >= 11 is 6.16. The van der Waals surface area contributed by atoms with Gasteiger partial charge in [-0.3, -0.25) is 9.69 Å². The molecule has 2 aromatic carbocycles. The fourth-order valence-corrected chi connectivity index (χ4v) is 3.15. The molecule has 0 bridgehead atoms. The van der Waals surface area contributed by atoms with Crippen molar-refractivity contribution < 1.29 is 9.59 Å². The molecule has 3 amide bonds. The average Bonchev–Trinajstić information content (AvgIpc) is 3.11. The lowest BCUT2D eigenvalue weighted by Gasteiger charge is -2.18. The number of hydrogen-bond donors (Lipinski definition) is 2. The molecule has 1 heterocycles. The zero-order chi connectivity index (χ0) is 20.7. The van der Waals surface area contributed by atoms with Crippen molar-refractivity contribution in [3.63, 3.8) is 0 Å². The van der Waals surface area contributed by atoms with Gasteiger partial charge in [0.1, 0.15) is 0 Å². The highest BCUT2D eigenvalue weighted by Crippen LogP contribution is 2.26. The maximum atomic E-state index is 12.5. The second kappa shape index (κ2) is 9.95. The molecule has 0 fully saturated rings. The Hall–Kier alpha value is -2.79. The number of hydrogen-bond acceptors (Lipinski definition) is 2. The molecule has 0 saturated heterocycles. The van der Waals surface area contributed by atoms with E-state index in [0.717, 1.165) is 32.5 Å². The smallest absolute Gasteiger partial charge is 0.321 e. The molecule has 6 heteroatoms. The van der Waals surface area contributed by atoms with E-state index in [0.29, 0.717) is 11.4 Å². The van der Waals surface area contributed by atoms with Crippen molar-refractivity contribution in [1.29, 1.82) is 0 Å². The lowest BCUT2D eigenvalue weighted by Crippen LogP contribution is -2.40. The summed E-state index contributed by atoms with van der Waals surface area (Å²) in [4.78, 5) is 28.5. The first-order chi connectivity index (χ1) is 13.5.